The fourth-order valence-electron chi connectivity index (χ4n) is 1.68. The fraction of sp³-hybridized carbons (Fsp3) is 0.385. The molecule has 4 N–H and O–H groups in total. The Labute approximate surface area is 134 Å². The zero-order valence-electron chi connectivity index (χ0n) is 10.8. The highest BCUT2D eigenvalue weighted by atomic mass is 79.9. The summed E-state index contributed by atoms with van der Waals surface area (Å²) >= 11 is 6.49. The highest BCUT2D eigenvalue weighted by molar-refractivity contribution is 9.11. The number of benzene rings is 1. The van der Waals surface area contributed by atoms with Crippen LogP contribution in [-0.2, 0) is 4.79 Å². The van der Waals surface area contributed by atoms with E-state index in [0.717, 1.165) is 19.3 Å². The Morgan fingerprint density at radius 3 is 2.50 bits per heavy atom. The predicted octanol–water partition coefficient (Wildman–Crippen LogP) is 3.37. The molecule has 0 unspecified atom stereocenters. The maximum atomic E-state index is 11.8. The molecular formula is C13H16Br2N2O3. The molecule has 0 aliphatic carbocycles. The van der Waals surface area contributed by atoms with Crippen molar-refractivity contribution in [3.05, 3.63) is 26.6 Å². The normalized spacial score (nSPS) is 10.3. The van der Waals surface area contributed by atoms with Crippen LogP contribution < -0.4 is 11.1 Å². The van der Waals surface area contributed by atoms with Crippen LogP contribution >= 0.6 is 31.9 Å². The first-order chi connectivity index (χ1) is 9.45. The number of nitrogens with two attached hydrogens (primary N) is 1. The Morgan fingerprint density at radius 2 is 1.90 bits per heavy atom. The van der Waals surface area contributed by atoms with Gasteiger partial charge in [0.1, 0.15) is 0 Å². The Kier molecular flexibility index (Phi) is 7.18. The summed E-state index contributed by atoms with van der Waals surface area (Å²) in [6.07, 6.45) is 2.86. The van der Waals surface area contributed by atoms with Gasteiger partial charge in [0, 0.05) is 15.4 Å². The smallest absolute Gasteiger partial charge is 0.337 e. The predicted molar refractivity (Wildman–Crippen MR) is 85.0 cm³/mol. The van der Waals surface area contributed by atoms with Crippen molar-refractivity contribution in [2.24, 2.45) is 5.73 Å². The molecule has 0 radical (unpaired) electrons. The molecule has 0 aliphatic heterocycles. The zero-order valence-corrected chi connectivity index (χ0v) is 14.0. The van der Waals surface area contributed by atoms with E-state index in [-0.39, 0.29) is 17.2 Å². The average Bonchev–Trinajstić information content (AvgIpc) is 2.37. The van der Waals surface area contributed by atoms with Gasteiger partial charge in [-0.05, 0) is 47.4 Å². The summed E-state index contributed by atoms with van der Waals surface area (Å²) < 4.78 is 1.15. The second-order valence-corrected chi connectivity index (χ2v) is 6.03. The number of nitrogens with one attached hydrogen (secondary N) is 1. The van der Waals surface area contributed by atoms with Gasteiger partial charge in [0.25, 0.3) is 0 Å². The standard InChI is InChI=1S/C13H16Br2N2O3/c14-8-6-9(13(19)20)12(10(15)7-8)17-11(18)4-2-1-3-5-16/h6-7H,1-5,16H2,(H,17,18)(H,19,20). The van der Waals surface area contributed by atoms with Crippen LogP contribution in [0.15, 0.2) is 21.1 Å². The van der Waals surface area contributed by atoms with Gasteiger partial charge in [0.15, 0.2) is 0 Å². The van der Waals surface area contributed by atoms with Gasteiger partial charge < -0.3 is 16.2 Å². The minimum absolute atomic E-state index is 0.0431. The highest BCUT2D eigenvalue weighted by Crippen LogP contribution is 2.31. The lowest BCUT2D eigenvalue weighted by molar-refractivity contribution is -0.116. The molecular weight excluding hydrogens is 392 g/mol. The molecule has 0 atom stereocenters. The maximum Gasteiger partial charge on any atom is 0.337 e. The lowest BCUT2D eigenvalue weighted by atomic mass is 10.1. The minimum atomic E-state index is -1.09. The third kappa shape index (κ3) is 5.22. The summed E-state index contributed by atoms with van der Waals surface area (Å²) in [6, 6.07) is 3.15. The Morgan fingerprint density at radius 1 is 1.20 bits per heavy atom. The van der Waals surface area contributed by atoms with Gasteiger partial charge in [0.2, 0.25) is 5.91 Å². The van der Waals surface area contributed by atoms with E-state index in [1.165, 1.54) is 6.07 Å². The topological polar surface area (TPSA) is 92.4 Å². The van der Waals surface area contributed by atoms with E-state index < -0.39 is 5.97 Å². The van der Waals surface area contributed by atoms with E-state index in [9.17, 15) is 9.59 Å². The van der Waals surface area contributed by atoms with Crippen LogP contribution in [0, 0.1) is 0 Å². The Balaban J connectivity index is 2.76. The number of rotatable bonds is 7. The van der Waals surface area contributed by atoms with Crippen molar-refractivity contribution in [2.75, 3.05) is 11.9 Å². The molecule has 0 bridgehead atoms. The molecule has 1 amide bonds. The number of carbonyl (C=O) groups is 2. The third-order valence-corrected chi connectivity index (χ3v) is 3.74. The van der Waals surface area contributed by atoms with Crippen molar-refractivity contribution >= 4 is 49.4 Å². The molecule has 0 aromatic heterocycles. The quantitative estimate of drug-likeness (QED) is 0.604. The summed E-state index contributed by atoms with van der Waals surface area (Å²) in [7, 11) is 0. The van der Waals surface area contributed by atoms with Crippen LogP contribution in [0.3, 0.4) is 0 Å². The van der Waals surface area contributed by atoms with Crippen molar-refractivity contribution in [1.29, 1.82) is 0 Å². The van der Waals surface area contributed by atoms with Gasteiger partial charge >= 0.3 is 5.97 Å². The van der Waals surface area contributed by atoms with E-state index in [2.05, 4.69) is 37.2 Å². The fourth-order valence-corrected chi connectivity index (χ4v) is 3.00. The van der Waals surface area contributed by atoms with E-state index in [1.807, 2.05) is 0 Å². The van der Waals surface area contributed by atoms with Gasteiger partial charge in [-0.1, -0.05) is 22.4 Å². The molecule has 1 aromatic carbocycles. The molecule has 0 aliphatic rings. The van der Waals surface area contributed by atoms with Gasteiger partial charge in [-0.2, -0.15) is 0 Å². The third-order valence-electron chi connectivity index (χ3n) is 2.66. The summed E-state index contributed by atoms with van der Waals surface area (Å²) in [6.45, 7) is 0.614. The van der Waals surface area contributed by atoms with E-state index in [4.69, 9.17) is 10.8 Å². The largest absolute Gasteiger partial charge is 0.478 e. The Hall–Kier alpha value is -0.920. The molecule has 5 nitrogen and oxygen atoms in total. The zero-order chi connectivity index (χ0) is 15.1. The average molecular weight is 408 g/mol. The number of anilines is 1. The molecule has 0 saturated heterocycles. The van der Waals surface area contributed by atoms with Crippen molar-refractivity contribution in [3.8, 4) is 0 Å². The lowest BCUT2D eigenvalue weighted by Crippen LogP contribution is -2.15. The summed E-state index contributed by atoms with van der Waals surface area (Å²) in [5.74, 6) is -1.29. The molecule has 0 fully saturated rings. The van der Waals surface area contributed by atoms with Crippen molar-refractivity contribution < 1.29 is 14.7 Å². The Bertz CT molecular complexity index is 507. The first-order valence-corrected chi connectivity index (χ1v) is 7.76. The second kappa shape index (κ2) is 8.39. The lowest BCUT2D eigenvalue weighted by Gasteiger charge is -2.11. The molecule has 0 heterocycles. The molecule has 1 rings (SSSR count). The van der Waals surface area contributed by atoms with Crippen molar-refractivity contribution in [3.63, 3.8) is 0 Å². The number of hydrogen-bond acceptors (Lipinski definition) is 3. The molecule has 0 saturated carbocycles. The summed E-state index contributed by atoms with van der Waals surface area (Å²) in [5, 5.41) is 11.8. The highest BCUT2D eigenvalue weighted by Gasteiger charge is 2.16. The monoisotopic (exact) mass is 406 g/mol. The van der Waals surface area contributed by atoms with Crippen molar-refractivity contribution in [2.45, 2.75) is 25.7 Å². The number of halogens is 2. The number of aromatic carboxylic acids is 1. The minimum Gasteiger partial charge on any atom is -0.478 e. The van der Waals surface area contributed by atoms with Crippen LogP contribution in [-0.4, -0.2) is 23.5 Å². The molecule has 110 valence electrons. The summed E-state index contributed by atoms with van der Waals surface area (Å²) in [5.41, 5.74) is 5.70. The van der Waals surface area contributed by atoms with Crippen LogP contribution in [0.5, 0.6) is 0 Å². The van der Waals surface area contributed by atoms with E-state index >= 15 is 0 Å². The SMILES string of the molecule is NCCCCCC(=O)Nc1c(Br)cc(Br)cc1C(=O)O. The van der Waals surface area contributed by atoms with Gasteiger partial charge in [-0.3, -0.25) is 4.79 Å². The van der Waals surface area contributed by atoms with Crippen LogP contribution in [0.4, 0.5) is 5.69 Å². The van der Waals surface area contributed by atoms with Crippen LogP contribution in [0.2, 0.25) is 0 Å². The van der Waals surface area contributed by atoms with Crippen LogP contribution in [0.1, 0.15) is 36.0 Å². The second-order valence-electron chi connectivity index (χ2n) is 4.26. The van der Waals surface area contributed by atoms with Crippen molar-refractivity contribution in [1.82, 2.24) is 0 Å². The number of carboxylic acid groups (broad SMARTS) is 1. The molecule has 20 heavy (non-hydrogen) atoms. The molecule has 0 spiro atoms. The van der Waals surface area contributed by atoms with E-state index in [1.54, 1.807) is 6.07 Å². The van der Waals surface area contributed by atoms with E-state index in [0.29, 0.717) is 21.9 Å². The van der Waals surface area contributed by atoms with Crippen LogP contribution in [0.25, 0.3) is 0 Å². The number of amides is 1. The van der Waals surface area contributed by atoms with Gasteiger partial charge in [-0.15, -0.1) is 0 Å². The molecule has 1 aromatic rings. The molecule has 7 heteroatoms. The number of unbranched alkanes of at least 4 members (excludes halogenated alkanes) is 2. The first kappa shape index (κ1) is 17.1. The number of carbonyl (C=O) groups excluding carboxylic acids is 1. The van der Waals surface area contributed by atoms with Gasteiger partial charge in [0.05, 0.1) is 11.3 Å². The first-order valence-electron chi connectivity index (χ1n) is 6.18. The summed E-state index contributed by atoms with van der Waals surface area (Å²) in [4.78, 5) is 23.0. The maximum absolute atomic E-state index is 11.8. The van der Waals surface area contributed by atoms with Gasteiger partial charge in [-0.25, -0.2) is 4.79 Å². The number of carboxylic acids is 1. The number of hydrogen-bond donors (Lipinski definition) is 3.